The zero-order valence-corrected chi connectivity index (χ0v) is 13.2. The molecule has 10 heteroatoms. The number of urea groups is 1. The summed E-state index contributed by atoms with van der Waals surface area (Å²) in [6.07, 6.45) is -0.529. The standard InChI is InChI=1S/C15H14N4O6/c1-17-12(21)13(22)19(14(17)23)8-11(20)16-9-4-2-3-5-10(9)18-6-7-25-15(18)24/h2-5H,6-8H2,1H3,(H,16,20). The number of rotatable bonds is 4. The average Bonchev–Trinajstić information content (AvgIpc) is 3.09. The quantitative estimate of drug-likeness (QED) is 0.606. The van der Waals surface area contributed by atoms with E-state index in [0.29, 0.717) is 27.7 Å². The lowest BCUT2D eigenvalue weighted by molar-refractivity contribution is -0.143. The second kappa shape index (κ2) is 6.23. The fraction of sp³-hybridized carbons (Fsp3) is 0.267. The maximum Gasteiger partial charge on any atom is 0.414 e. The minimum atomic E-state index is -1.06. The number of anilines is 2. The van der Waals surface area contributed by atoms with Crippen LogP contribution in [0.2, 0.25) is 0 Å². The molecule has 2 heterocycles. The van der Waals surface area contributed by atoms with Gasteiger partial charge in [0.2, 0.25) is 5.91 Å². The van der Waals surface area contributed by atoms with Gasteiger partial charge in [-0.15, -0.1) is 0 Å². The zero-order valence-electron chi connectivity index (χ0n) is 13.2. The second-order valence-electron chi connectivity index (χ2n) is 5.37. The first kappa shape index (κ1) is 16.4. The van der Waals surface area contributed by atoms with Crippen molar-refractivity contribution in [3.8, 4) is 0 Å². The van der Waals surface area contributed by atoms with Crippen LogP contribution >= 0.6 is 0 Å². The summed E-state index contributed by atoms with van der Waals surface area (Å²) in [5.74, 6) is -2.72. The van der Waals surface area contributed by atoms with Gasteiger partial charge in [-0.2, -0.15) is 0 Å². The van der Waals surface area contributed by atoms with E-state index in [1.165, 1.54) is 4.90 Å². The number of likely N-dealkylation sites (N-methyl/N-ethyl adjacent to an activating group) is 1. The fourth-order valence-corrected chi connectivity index (χ4v) is 2.51. The Labute approximate surface area is 141 Å². The topological polar surface area (TPSA) is 116 Å². The number of hydrogen-bond acceptors (Lipinski definition) is 6. The molecule has 0 aromatic heterocycles. The van der Waals surface area contributed by atoms with E-state index >= 15 is 0 Å². The highest BCUT2D eigenvalue weighted by atomic mass is 16.6. The van der Waals surface area contributed by atoms with E-state index < -0.39 is 36.4 Å². The van der Waals surface area contributed by atoms with E-state index in [4.69, 9.17) is 4.74 Å². The molecule has 130 valence electrons. The molecular weight excluding hydrogens is 332 g/mol. The molecule has 1 aromatic rings. The molecule has 0 aliphatic carbocycles. The summed E-state index contributed by atoms with van der Waals surface area (Å²) in [5, 5.41) is 2.54. The molecule has 0 bridgehead atoms. The highest BCUT2D eigenvalue weighted by molar-refractivity contribution is 6.44. The van der Waals surface area contributed by atoms with Crippen molar-refractivity contribution >= 4 is 41.2 Å². The van der Waals surface area contributed by atoms with Gasteiger partial charge in [-0.05, 0) is 12.1 Å². The molecule has 0 radical (unpaired) electrons. The van der Waals surface area contributed by atoms with Crippen LogP contribution in [-0.2, 0) is 19.1 Å². The van der Waals surface area contributed by atoms with E-state index in [1.807, 2.05) is 0 Å². The molecule has 1 N–H and O–H groups in total. The number of imide groups is 2. The number of nitrogens with one attached hydrogen (secondary N) is 1. The number of benzene rings is 1. The van der Waals surface area contributed by atoms with Crippen LogP contribution < -0.4 is 10.2 Å². The van der Waals surface area contributed by atoms with E-state index in [0.717, 1.165) is 7.05 Å². The predicted octanol–water partition coefficient (Wildman–Crippen LogP) is 0.00230. The highest BCUT2D eigenvalue weighted by Crippen LogP contribution is 2.28. The third kappa shape index (κ3) is 2.89. The van der Waals surface area contributed by atoms with E-state index in [-0.39, 0.29) is 6.61 Å². The zero-order chi connectivity index (χ0) is 18.1. The Bertz CT molecular complexity index is 792. The predicted molar refractivity (Wildman–Crippen MR) is 83.6 cm³/mol. The smallest absolute Gasteiger partial charge is 0.414 e. The van der Waals surface area contributed by atoms with Crippen molar-refractivity contribution in [2.45, 2.75) is 0 Å². The molecule has 6 amide bonds. The van der Waals surface area contributed by atoms with Crippen molar-refractivity contribution in [2.75, 3.05) is 37.0 Å². The molecular formula is C15H14N4O6. The first-order valence-electron chi connectivity index (χ1n) is 7.37. The Morgan fingerprint density at radius 2 is 1.88 bits per heavy atom. The van der Waals surface area contributed by atoms with Crippen molar-refractivity contribution < 1.29 is 28.7 Å². The van der Waals surface area contributed by atoms with Gasteiger partial charge >= 0.3 is 23.9 Å². The van der Waals surface area contributed by atoms with Crippen LogP contribution in [0.4, 0.5) is 21.0 Å². The summed E-state index contributed by atoms with van der Waals surface area (Å²) < 4.78 is 4.87. The number of amides is 6. The lowest BCUT2D eigenvalue weighted by Crippen LogP contribution is -2.38. The molecule has 2 saturated heterocycles. The Balaban J connectivity index is 1.74. The third-order valence-corrected chi connectivity index (χ3v) is 3.78. The van der Waals surface area contributed by atoms with Crippen molar-refractivity contribution in [3.05, 3.63) is 24.3 Å². The Hall–Kier alpha value is -3.43. The Morgan fingerprint density at radius 3 is 2.48 bits per heavy atom. The molecule has 25 heavy (non-hydrogen) atoms. The van der Waals surface area contributed by atoms with Crippen molar-refractivity contribution in [1.29, 1.82) is 0 Å². The number of cyclic esters (lactones) is 1. The van der Waals surface area contributed by atoms with Gasteiger partial charge in [0.15, 0.2) is 0 Å². The largest absolute Gasteiger partial charge is 0.447 e. The van der Waals surface area contributed by atoms with Gasteiger partial charge in [-0.3, -0.25) is 24.2 Å². The van der Waals surface area contributed by atoms with Gasteiger partial charge in [0.25, 0.3) is 0 Å². The van der Waals surface area contributed by atoms with E-state index in [9.17, 15) is 24.0 Å². The van der Waals surface area contributed by atoms with Crippen molar-refractivity contribution in [3.63, 3.8) is 0 Å². The van der Waals surface area contributed by atoms with Crippen LogP contribution in [-0.4, -0.2) is 66.4 Å². The monoisotopic (exact) mass is 346 g/mol. The molecule has 0 spiro atoms. The molecule has 0 unspecified atom stereocenters. The molecule has 2 aliphatic rings. The molecule has 1 aromatic carbocycles. The third-order valence-electron chi connectivity index (χ3n) is 3.78. The summed E-state index contributed by atoms with van der Waals surface area (Å²) in [5.41, 5.74) is 0.760. The number of nitrogens with zero attached hydrogens (tertiary/aromatic N) is 3. The summed E-state index contributed by atoms with van der Waals surface area (Å²) >= 11 is 0. The van der Waals surface area contributed by atoms with Crippen molar-refractivity contribution in [2.24, 2.45) is 0 Å². The van der Waals surface area contributed by atoms with Crippen LogP contribution in [0, 0.1) is 0 Å². The van der Waals surface area contributed by atoms with Crippen LogP contribution in [0.3, 0.4) is 0 Å². The number of ether oxygens (including phenoxy) is 1. The highest BCUT2D eigenvalue weighted by Gasteiger charge is 2.43. The average molecular weight is 346 g/mol. The summed E-state index contributed by atoms with van der Waals surface area (Å²) in [7, 11) is 1.16. The normalized spacial score (nSPS) is 17.4. The lowest BCUT2D eigenvalue weighted by atomic mass is 10.2. The SMILES string of the molecule is CN1C(=O)C(=O)N(CC(=O)Nc2ccccc2N2CCOC2=O)C1=O. The second-order valence-corrected chi connectivity index (χ2v) is 5.37. The molecule has 2 fully saturated rings. The van der Waals surface area contributed by atoms with Gasteiger partial charge in [-0.25, -0.2) is 14.5 Å². The molecule has 0 atom stereocenters. The summed E-state index contributed by atoms with van der Waals surface area (Å²) in [6.45, 7) is -0.0209. The lowest BCUT2D eigenvalue weighted by Gasteiger charge is -2.18. The van der Waals surface area contributed by atoms with Crippen molar-refractivity contribution in [1.82, 2.24) is 9.80 Å². The minimum absolute atomic E-state index is 0.242. The molecule has 0 saturated carbocycles. The maximum atomic E-state index is 12.2. The molecule has 10 nitrogen and oxygen atoms in total. The maximum absolute atomic E-state index is 12.2. The number of para-hydroxylation sites is 2. The number of hydrogen-bond donors (Lipinski definition) is 1. The fourth-order valence-electron chi connectivity index (χ4n) is 2.51. The van der Waals surface area contributed by atoms with Gasteiger partial charge in [0, 0.05) is 7.05 Å². The van der Waals surface area contributed by atoms with Crippen LogP contribution in [0.25, 0.3) is 0 Å². The first-order valence-corrected chi connectivity index (χ1v) is 7.37. The van der Waals surface area contributed by atoms with Crippen LogP contribution in [0.15, 0.2) is 24.3 Å². The number of carbonyl (C=O) groups is 5. The summed E-state index contributed by atoms with van der Waals surface area (Å²) in [4.78, 5) is 61.4. The number of carbonyl (C=O) groups excluding carboxylic acids is 5. The van der Waals surface area contributed by atoms with Gasteiger partial charge < -0.3 is 10.1 Å². The Morgan fingerprint density at radius 1 is 1.16 bits per heavy atom. The van der Waals surface area contributed by atoms with Gasteiger partial charge in [-0.1, -0.05) is 12.1 Å². The van der Waals surface area contributed by atoms with Gasteiger partial charge in [0.1, 0.15) is 13.2 Å². The Kier molecular flexibility index (Phi) is 4.09. The molecule has 3 rings (SSSR count). The first-order chi connectivity index (χ1) is 11.9. The summed E-state index contributed by atoms with van der Waals surface area (Å²) in [6, 6.07) is 5.69. The van der Waals surface area contributed by atoms with Crippen LogP contribution in [0.1, 0.15) is 0 Å². The van der Waals surface area contributed by atoms with Gasteiger partial charge in [0.05, 0.1) is 17.9 Å². The van der Waals surface area contributed by atoms with E-state index in [2.05, 4.69) is 5.32 Å². The van der Waals surface area contributed by atoms with Crippen LogP contribution in [0.5, 0.6) is 0 Å². The molecule has 2 aliphatic heterocycles. The minimum Gasteiger partial charge on any atom is -0.447 e. The van der Waals surface area contributed by atoms with E-state index in [1.54, 1.807) is 24.3 Å².